The highest BCUT2D eigenvalue weighted by Crippen LogP contribution is 2.28. The molecule has 0 bridgehead atoms. The predicted molar refractivity (Wildman–Crippen MR) is 97.1 cm³/mol. The van der Waals surface area contributed by atoms with E-state index in [4.69, 9.17) is 4.74 Å². The van der Waals surface area contributed by atoms with Crippen molar-refractivity contribution in [1.29, 1.82) is 0 Å². The van der Waals surface area contributed by atoms with E-state index in [1.807, 2.05) is 26.8 Å². The Morgan fingerprint density at radius 3 is 2.28 bits per heavy atom. The second kappa shape index (κ2) is 8.19. The number of hydrogen-bond donors (Lipinski definition) is 0. The molecule has 0 unspecified atom stereocenters. The van der Waals surface area contributed by atoms with E-state index in [-0.39, 0.29) is 16.7 Å². The van der Waals surface area contributed by atoms with Gasteiger partial charge in [0.25, 0.3) is 0 Å². The lowest BCUT2D eigenvalue weighted by Gasteiger charge is -2.35. The first kappa shape index (κ1) is 19.7. The fraction of sp³-hybridized carbons (Fsp3) is 0.611. The van der Waals surface area contributed by atoms with Gasteiger partial charge in [0.05, 0.1) is 7.11 Å². The molecule has 1 aliphatic heterocycles. The van der Waals surface area contributed by atoms with Crippen molar-refractivity contribution in [1.82, 2.24) is 9.21 Å². The summed E-state index contributed by atoms with van der Waals surface area (Å²) in [5.74, 6) is 0.511. The number of nitrogens with zero attached hydrogens (tertiary/aromatic N) is 2. The fourth-order valence-electron chi connectivity index (χ4n) is 3.17. The first-order valence-corrected chi connectivity index (χ1v) is 10.2. The molecular formula is C18H28N2O4S. The maximum Gasteiger partial charge on any atom is 0.246 e. The van der Waals surface area contributed by atoms with Crippen molar-refractivity contribution in [2.75, 3.05) is 33.3 Å². The van der Waals surface area contributed by atoms with Gasteiger partial charge in [-0.3, -0.25) is 4.79 Å². The summed E-state index contributed by atoms with van der Waals surface area (Å²) in [4.78, 5) is 14.4. The topological polar surface area (TPSA) is 66.9 Å². The highest BCUT2D eigenvalue weighted by molar-refractivity contribution is 7.89. The SMILES string of the molecule is CCC(CC)C(=O)N1CCN(S(=O)(=O)c2cc(C)ccc2OC)CC1. The zero-order valence-corrected chi connectivity index (χ0v) is 16.3. The van der Waals surface area contributed by atoms with Gasteiger partial charge in [-0.25, -0.2) is 8.42 Å². The minimum atomic E-state index is -3.64. The Kier molecular flexibility index (Phi) is 6.46. The smallest absolute Gasteiger partial charge is 0.246 e. The van der Waals surface area contributed by atoms with Gasteiger partial charge in [-0.05, 0) is 37.5 Å². The Labute approximate surface area is 150 Å². The predicted octanol–water partition coefficient (Wildman–Crippen LogP) is 2.27. The summed E-state index contributed by atoms with van der Waals surface area (Å²) in [6, 6.07) is 5.13. The molecule has 1 aromatic carbocycles. The second-order valence-corrected chi connectivity index (χ2v) is 8.30. The summed E-state index contributed by atoms with van der Waals surface area (Å²) < 4.78 is 32.6. The molecule has 0 saturated carbocycles. The number of hydrogen-bond acceptors (Lipinski definition) is 4. The van der Waals surface area contributed by atoms with Crippen molar-refractivity contribution in [2.24, 2.45) is 5.92 Å². The van der Waals surface area contributed by atoms with Crippen LogP contribution < -0.4 is 4.74 Å². The summed E-state index contributed by atoms with van der Waals surface area (Å²) in [6.45, 7) is 7.36. The van der Waals surface area contributed by atoms with Crippen LogP contribution in [0.25, 0.3) is 0 Å². The third-order valence-electron chi connectivity index (χ3n) is 4.82. The standard InChI is InChI=1S/C18H28N2O4S/c1-5-15(6-2)18(21)19-9-11-20(12-10-19)25(22,23)17-13-14(3)7-8-16(17)24-4/h7-8,13,15H,5-6,9-12H2,1-4H3. The minimum Gasteiger partial charge on any atom is -0.495 e. The van der Waals surface area contributed by atoms with Crippen LogP contribution in [0.4, 0.5) is 0 Å². The highest BCUT2D eigenvalue weighted by Gasteiger charge is 2.33. The van der Waals surface area contributed by atoms with Crippen LogP contribution in [-0.4, -0.2) is 56.8 Å². The maximum atomic E-state index is 13.0. The van der Waals surface area contributed by atoms with Gasteiger partial charge < -0.3 is 9.64 Å². The Balaban J connectivity index is 2.14. The molecule has 25 heavy (non-hydrogen) atoms. The molecule has 7 heteroatoms. The highest BCUT2D eigenvalue weighted by atomic mass is 32.2. The first-order chi connectivity index (χ1) is 11.8. The van der Waals surface area contributed by atoms with Crippen molar-refractivity contribution < 1.29 is 17.9 Å². The summed E-state index contributed by atoms with van der Waals surface area (Å²) >= 11 is 0. The van der Waals surface area contributed by atoms with Crippen LogP contribution in [0, 0.1) is 12.8 Å². The molecule has 1 fully saturated rings. The molecule has 1 aliphatic rings. The van der Waals surface area contributed by atoms with E-state index in [1.54, 1.807) is 17.0 Å². The maximum absolute atomic E-state index is 13.0. The van der Waals surface area contributed by atoms with E-state index in [9.17, 15) is 13.2 Å². The largest absolute Gasteiger partial charge is 0.495 e. The van der Waals surface area contributed by atoms with Crippen molar-refractivity contribution in [3.05, 3.63) is 23.8 Å². The zero-order chi connectivity index (χ0) is 18.6. The molecule has 0 aromatic heterocycles. The minimum absolute atomic E-state index is 0.0278. The van der Waals surface area contributed by atoms with E-state index in [0.717, 1.165) is 18.4 Å². The molecule has 0 radical (unpaired) electrons. The molecule has 1 saturated heterocycles. The van der Waals surface area contributed by atoms with Crippen molar-refractivity contribution in [2.45, 2.75) is 38.5 Å². The monoisotopic (exact) mass is 368 g/mol. The number of ether oxygens (including phenoxy) is 1. The number of carbonyl (C=O) groups is 1. The molecule has 0 aliphatic carbocycles. The van der Waals surface area contributed by atoms with Crippen LogP contribution in [0.1, 0.15) is 32.3 Å². The lowest BCUT2D eigenvalue weighted by Crippen LogP contribution is -2.51. The Morgan fingerprint density at radius 1 is 1.16 bits per heavy atom. The van der Waals surface area contributed by atoms with Crippen molar-refractivity contribution in [3.63, 3.8) is 0 Å². The number of benzene rings is 1. The third-order valence-corrected chi connectivity index (χ3v) is 6.74. The lowest BCUT2D eigenvalue weighted by molar-refractivity contribution is -0.136. The number of methoxy groups -OCH3 is 1. The van der Waals surface area contributed by atoms with Crippen LogP contribution in [-0.2, 0) is 14.8 Å². The fourth-order valence-corrected chi connectivity index (χ4v) is 4.83. The number of rotatable bonds is 6. The molecule has 1 amide bonds. The van der Waals surface area contributed by atoms with Gasteiger partial charge in [0.15, 0.2) is 0 Å². The molecule has 1 aromatic rings. The quantitative estimate of drug-likeness (QED) is 0.773. The number of aryl methyl sites for hydroxylation is 1. The van der Waals surface area contributed by atoms with Gasteiger partial charge in [-0.15, -0.1) is 0 Å². The first-order valence-electron chi connectivity index (χ1n) is 8.78. The number of piperazine rings is 1. The van der Waals surface area contributed by atoms with Gasteiger partial charge in [-0.1, -0.05) is 19.9 Å². The van der Waals surface area contributed by atoms with E-state index >= 15 is 0 Å². The van der Waals surface area contributed by atoms with Crippen molar-refractivity contribution in [3.8, 4) is 5.75 Å². The van der Waals surface area contributed by atoms with Crippen LogP contribution in [0.2, 0.25) is 0 Å². The van der Waals surface area contributed by atoms with Crippen molar-refractivity contribution >= 4 is 15.9 Å². The van der Waals surface area contributed by atoms with E-state index in [2.05, 4.69) is 0 Å². The summed E-state index contributed by atoms with van der Waals surface area (Å²) in [5.41, 5.74) is 0.863. The van der Waals surface area contributed by atoms with E-state index in [1.165, 1.54) is 11.4 Å². The summed E-state index contributed by atoms with van der Waals surface area (Å²) in [6.07, 6.45) is 1.63. The Morgan fingerprint density at radius 2 is 1.76 bits per heavy atom. The van der Waals surface area contributed by atoms with Gasteiger partial charge in [-0.2, -0.15) is 4.31 Å². The second-order valence-electron chi connectivity index (χ2n) is 6.40. The van der Waals surface area contributed by atoms with Crippen LogP contribution in [0.15, 0.2) is 23.1 Å². The summed E-state index contributed by atoms with van der Waals surface area (Å²) in [7, 11) is -2.17. The molecule has 1 heterocycles. The van der Waals surface area contributed by atoms with Gasteiger partial charge in [0.1, 0.15) is 10.6 Å². The number of amides is 1. The average Bonchev–Trinajstić information content (AvgIpc) is 2.62. The third kappa shape index (κ3) is 4.15. The van der Waals surface area contributed by atoms with E-state index < -0.39 is 10.0 Å². The van der Waals surface area contributed by atoms with Gasteiger partial charge in [0.2, 0.25) is 15.9 Å². The lowest BCUT2D eigenvalue weighted by atomic mass is 10.0. The van der Waals surface area contributed by atoms with Crippen LogP contribution in [0.5, 0.6) is 5.75 Å². The number of sulfonamides is 1. The van der Waals surface area contributed by atoms with Crippen LogP contribution >= 0.6 is 0 Å². The number of carbonyl (C=O) groups excluding carboxylic acids is 1. The Hall–Kier alpha value is -1.60. The summed E-state index contributed by atoms with van der Waals surface area (Å²) in [5, 5.41) is 0. The van der Waals surface area contributed by atoms with E-state index in [0.29, 0.717) is 31.9 Å². The zero-order valence-electron chi connectivity index (χ0n) is 15.5. The van der Waals surface area contributed by atoms with Gasteiger partial charge in [0, 0.05) is 32.1 Å². The molecule has 6 nitrogen and oxygen atoms in total. The average molecular weight is 368 g/mol. The molecule has 2 rings (SSSR count). The molecular weight excluding hydrogens is 340 g/mol. The molecule has 140 valence electrons. The molecule has 0 N–H and O–H groups in total. The molecule has 0 atom stereocenters. The molecule has 0 spiro atoms. The van der Waals surface area contributed by atoms with Crippen LogP contribution in [0.3, 0.4) is 0 Å². The normalized spacial score (nSPS) is 16.3. The van der Waals surface area contributed by atoms with Gasteiger partial charge >= 0.3 is 0 Å². The Bertz CT molecular complexity index is 706.